The first kappa shape index (κ1) is 22.1. The van der Waals surface area contributed by atoms with Gasteiger partial charge >= 0.3 is 5.97 Å². The molecule has 12 heteroatoms. The molecule has 0 bridgehead atoms. The van der Waals surface area contributed by atoms with E-state index in [-0.39, 0.29) is 22.9 Å². The van der Waals surface area contributed by atoms with Crippen molar-refractivity contribution in [2.45, 2.75) is 20.8 Å². The number of nitrogens with zero attached hydrogens (tertiary/aromatic N) is 5. The zero-order valence-electron chi connectivity index (χ0n) is 18.3. The van der Waals surface area contributed by atoms with Crippen LogP contribution in [0.2, 0.25) is 0 Å². The summed E-state index contributed by atoms with van der Waals surface area (Å²) in [5, 5.41) is 13.4. The third-order valence-corrected chi connectivity index (χ3v) is 5.52. The molecule has 0 amide bonds. The van der Waals surface area contributed by atoms with Gasteiger partial charge in [0.25, 0.3) is 5.56 Å². The highest BCUT2D eigenvalue weighted by molar-refractivity contribution is 7.10. The number of ether oxygens (including phenoxy) is 2. The highest BCUT2D eigenvalue weighted by atomic mass is 32.1. The molecule has 4 aromatic rings. The SMILES string of the molecule is CCOC(=O)c1nn(-c2ccc(OC)cc2)/c(=N/N=C(/C)c2c(C)oc3nc[nH]c(=O)c23)s1. The lowest BCUT2D eigenvalue weighted by atomic mass is 10.1. The number of aryl methyl sites for hydroxylation is 1. The fourth-order valence-corrected chi connectivity index (χ4v) is 3.92. The summed E-state index contributed by atoms with van der Waals surface area (Å²) in [5.41, 5.74) is 1.49. The van der Waals surface area contributed by atoms with Crippen molar-refractivity contribution >= 4 is 34.1 Å². The molecule has 11 nitrogen and oxygen atoms in total. The number of aromatic amines is 1. The number of carbonyl (C=O) groups is 1. The Morgan fingerprint density at radius 1 is 1.30 bits per heavy atom. The number of hydrogen-bond acceptors (Lipinski definition) is 10. The second kappa shape index (κ2) is 9.20. The molecule has 0 atom stereocenters. The van der Waals surface area contributed by atoms with E-state index in [0.717, 1.165) is 11.3 Å². The number of nitrogens with one attached hydrogen (secondary N) is 1. The number of hydrogen-bond donors (Lipinski definition) is 1. The molecule has 1 aromatic carbocycles. The minimum Gasteiger partial charge on any atom is -0.497 e. The maximum absolute atomic E-state index is 12.3. The van der Waals surface area contributed by atoms with Gasteiger partial charge in [-0.15, -0.1) is 10.2 Å². The average Bonchev–Trinajstić information content (AvgIpc) is 3.39. The number of carbonyl (C=O) groups excluding carboxylic acids is 1. The van der Waals surface area contributed by atoms with Crippen molar-refractivity contribution in [1.29, 1.82) is 0 Å². The van der Waals surface area contributed by atoms with Gasteiger partial charge in [0.1, 0.15) is 16.9 Å². The number of rotatable bonds is 6. The highest BCUT2D eigenvalue weighted by Gasteiger charge is 2.18. The van der Waals surface area contributed by atoms with E-state index in [9.17, 15) is 9.59 Å². The standard InChI is InChI=1S/C21H20N6O5S/c1-5-31-20(29)19-26-27(13-6-8-14(30-4)9-7-13)21(33-19)25-24-11(2)15-12(3)32-18-16(15)17(28)22-10-23-18/h6-10H,5H2,1-4H3,(H,22,23,28)/b24-11-,25-21-. The third-order valence-electron chi connectivity index (χ3n) is 4.64. The van der Waals surface area contributed by atoms with Gasteiger partial charge in [-0.05, 0) is 45.0 Å². The average molecular weight is 468 g/mol. The van der Waals surface area contributed by atoms with E-state index in [1.807, 2.05) is 0 Å². The van der Waals surface area contributed by atoms with Crippen LogP contribution < -0.4 is 15.1 Å². The highest BCUT2D eigenvalue weighted by Crippen LogP contribution is 2.21. The predicted octanol–water partition coefficient (Wildman–Crippen LogP) is 2.58. The van der Waals surface area contributed by atoms with Crippen molar-refractivity contribution in [3.8, 4) is 11.4 Å². The van der Waals surface area contributed by atoms with Crippen molar-refractivity contribution in [1.82, 2.24) is 19.7 Å². The quantitative estimate of drug-likeness (QED) is 0.261. The molecule has 0 unspecified atom stereocenters. The maximum Gasteiger partial charge on any atom is 0.369 e. The molecule has 0 aliphatic heterocycles. The summed E-state index contributed by atoms with van der Waals surface area (Å²) < 4.78 is 17.3. The topological polar surface area (TPSA) is 137 Å². The van der Waals surface area contributed by atoms with Gasteiger partial charge in [0, 0.05) is 0 Å². The molecule has 170 valence electrons. The molecule has 0 aliphatic rings. The lowest BCUT2D eigenvalue weighted by Crippen LogP contribution is -2.14. The summed E-state index contributed by atoms with van der Waals surface area (Å²) >= 11 is 1.03. The smallest absolute Gasteiger partial charge is 0.369 e. The minimum atomic E-state index is -0.554. The number of aromatic nitrogens is 4. The van der Waals surface area contributed by atoms with Crippen LogP contribution in [0, 0.1) is 6.92 Å². The Hall–Kier alpha value is -4.06. The van der Waals surface area contributed by atoms with Gasteiger partial charge in [-0.1, -0.05) is 11.3 Å². The molecule has 3 heterocycles. The van der Waals surface area contributed by atoms with Gasteiger partial charge in [-0.2, -0.15) is 5.10 Å². The monoisotopic (exact) mass is 468 g/mol. The first-order chi connectivity index (χ1) is 15.9. The normalized spacial score (nSPS) is 12.4. The number of fused-ring (bicyclic) bond motifs is 1. The van der Waals surface area contributed by atoms with Gasteiger partial charge in [-0.25, -0.2) is 14.5 Å². The van der Waals surface area contributed by atoms with E-state index in [1.54, 1.807) is 52.1 Å². The molecule has 0 radical (unpaired) electrons. The number of esters is 1. The van der Waals surface area contributed by atoms with Gasteiger partial charge in [-0.3, -0.25) is 4.79 Å². The van der Waals surface area contributed by atoms with Crippen molar-refractivity contribution in [2.75, 3.05) is 13.7 Å². The summed E-state index contributed by atoms with van der Waals surface area (Å²) in [6.45, 7) is 5.37. The van der Waals surface area contributed by atoms with Crippen LogP contribution in [-0.4, -0.2) is 45.1 Å². The Morgan fingerprint density at radius 2 is 2.06 bits per heavy atom. The van der Waals surface area contributed by atoms with Crippen LogP contribution in [0.5, 0.6) is 5.75 Å². The fourth-order valence-electron chi connectivity index (χ4n) is 3.17. The summed E-state index contributed by atoms with van der Waals surface area (Å²) in [6.07, 6.45) is 1.28. The minimum absolute atomic E-state index is 0.129. The Labute approximate surface area is 191 Å². The van der Waals surface area contributed by atoms with Crippen LogP contribution in [0.4, 0.5) is 0 Å². The van der Waals surface area contributed by atoms with Crippen LogP contribution in [-0.2, 0) is 4.74 Å². The molecule has 1 N–H and O–H groups in total. The molecule has 4 rings (SSSR count). The molecular weight excluding hydrogens is 448 g/mol. The predicted molar refractivity (Wildman–Crippen MR) is 121 cm³/mol. The zero-order chi connectivity index (χ0) is 23.5. The first-order valence-corrected chi connectivity index (χ1v) is 10.7. The van der Waals surface area contributed by atoms with E-state index in [2.05, 4.69) is 25.3 Å². The van der Waals surface area contributed by atoms with E-state index >= 15 is 0 Å². The molecule has 0 fully saturated rings. The van der Waals surface area contributed by atoms with Crippen molar-refractivity contribution in [3.05, 3.63) is 62.1 Å². The summed E-state index contributed by atoms with van der Waals surface area (Å²) in [7, 11) is 1.57. The number of benzene rings is 1. The Bertz CT molecular complexity index is 1480. The first-order valence-electron chi connectivity index (χ1n) is 9.90. The lowest BCUT2D eigenvalue weighted by Gasteiger charge is -2.03. The number of furan rings is 1. The van der Waals surface area contributed by atoms with Gasteiger partial charge in [0.2, 0.25) is 15.5 Å². The second-order valence-electron chi connectivity index (χ2n) is 6.75. The zero-order valence-corrected chi connectivity index (χ0v) is 19.1. The van der Waals surface area contributed by atoms with Crippen LogP contribution in [0.15, 0.2) is 50.0 Å². The lowest BCUT2D eigenvalue weighted by molar-refractivity contribution is 0.0524. The maximum atomic E-state index is 12.3. The third kappa shape index (κ3) is 4.32. The van der Waals surface area contributed by atoms with E-state index in [0.29, 0.717) is 38.7 Å². The van der Waals surface area contributed by atoms with Crippen LogP contribution in [0.25, 0.3) is 16.8 Å². The fraction of sp³-hybridized carbons (Fsp3) is 0.238. The molecule has 0 saturated heterocycles. The van der Waals surface area contributed by atoms with Crippen LogP contribution >= 0.6 is 11.3 Å². The Kier molecular flexibility index (Phi) is 6.18. The van der Waals surface area contributed by atoms with Crippen molar-refractivity contribution in [2.24, 2.45) is 10.2 Å². The molecule has 0 spiro atoms. The number of H-pyrrole nitrogens is 1. The molecule has 3 aromatic heterocycles. The van der Waals surface area contributed by atoms with Gasteiger partial charge < -0.3 is 18.9 Å². The Balaban J connectivity index is 1.84. The summed E-state index contributed by atoms with van der Waals surface area (Å²) in [6, 6.07) is 7.10. The van der Waals surface area contributed by atoms with Crippen molar-refractivity contribution in [3.63, 3.8) is 0 Å². The second-order valence-corrected chi connectivity index (χ2v) is 7.71. The molecule has 0 saturated carbocycles. The van der Waals surface area contributed by atoms with Crippen molar-refractivity contribution < 1.29 is 18.7 Å². The van der Waals surface area contributed by atoms with E-state index in [1.165, 1.54) is 11.0 Å². The molecular formula is C21H20N6O5S. The van der Waals surface area contributed by atoms with E-state index in [4.69, 9.17) is 13.9 Å². The van der Waals surface area contributed by atoms with Gasteiger partial charge in [0.05, 0.1) is 37.0 Å². The summed E-state index contributed by atoms with van der Waals surface area (Å²) in [4.78, 5) is 31.5. The summed E-state index contributed by atoms with van der Waals surface area (Å²) in [5.74, 6) is 0.611. The molecule has 0 aliphatic carbocycles. The Morgan fingerprint density at radius 3 is 2.76 bits per heavy atom. The van der Waals surface area contributed by atoms with E-state index < -0.39 is 5.97 Å². The van der Waals surface area contributed by atoms with Crippen LogP contribution in [0.3, 0.4) is 0 Å². The number of methoxy groups -OCH3 is 1. The van der Waals surface area contributed by atoms with Crippen LogP contribution in [0.1, 0.15) is 35.0 Å². The van der Waals surface area contributed by atoms with Gasteiger partial charge in [0.15, 0.2) is 0 Å². The molecule has 33 heavy (non-hydrogen) atoms. The largest absolute Gasteiger partial charge is 0.497 e.